The van der Waals surface area contributed by atoms with Crippen LogP contribution in [-0.4, -0.2) is 29.4 Å². The van der Waals surface area contributed by atoms with Gasteiger partial charge in [-0.25, -0.2) is 4.98 Å². The van der Waals surface area contributed by atoms with Gasteiger partial charge >= 0.3 is 12.4 Å². The highest BCUT2D eigenvalue weighted by Gasteiger charge is 2.37. The Hall–Kier alpha value is -2.13. The average Bonchev–Trinajstić information content (AvgIpc) is 2.59. The van der Waals surface area contributed by atoms with Gasteiger partial charge in [0.2, 0.25) is 0 Å². The lowest BCUT2D eigenvalue weighted by Crippen LogP contribution is -2.26. The Bertz CT molecular complexity index is 771. The largest absolute Gasteiger partial charge is 0.433 e. The molecule has 28 heavy (non-hydrogen) atoms. The van der Waals surface area contributed by atoms with Gasteiger partial charge in [0.05, 0.1) is 11.8 Å². The van der Waals surface area contributed by atoms with Crippen LogP contribution >= 0.6 is 0 Å². The van der Waals surface area contributed by atoms with Crippen molar-refractivity contribution < 1.29 is 31.4 Å². The van der Waals surface area contributed by atoms with E-state index >= 15 is 0 Å². The summed E-state index contributed by atoms with van der Waals surface area (Å²) >= 11 is 0. The zero-order chi connectivity index (χ0) is 20.9. The highest BCUT2D eigenvalue weighted by atomic mass is 19.4. The number of pyridine rings is 1. The molecule has 1 aromatic carbocycles. The monoisotopic (exact) mass is 406 g/mol. The summed E-state index contributed by atoms with van der Waals surface area (Å²) in [6, 6.07) is 9.32. The Morgan fingerprint density at radius 1 is 1.00 bits per heavy atom. The minimum absolute atomic E-state index is 0.0766. The number of aromatic nitrogens is 1. The molecule has 0 spiro atoms. The van der Waals surface area contributed by atoms with E-state index in [9.17, 15) is 31.4 Å². The lowest BCUT2D eigenvalue weighted by Gasteiger charge is -2.18. The van der Waals surface area contributed by atoms with Crippen molar-refractivity contribution in [2.75, 3.05) is 13.1 Å². The van der Waals surface area contributed by atoms with Crippen molar-refractivity contribution in [1.29, 1.82) is 0 Å². The highest BCUT2D eigenvalue weighted by molar-refractivity contribution is 5.60. The molecule has 0 aliphatic rings. The number of aliphatic hydroxyl groups excluding tert-OH is 1. The van der Waals surface area contributed by atoms with Crippen LogP contribution in [0.3, 0.4) is 0 Å². The molecule has 0 aliphatic carbocycles. The van der Waals surface area contributed by atoms with E-state index in [0.717, 1.165) is 11.6 Å². The van der Waals surface area contributed by atoms with E-state index in [1.54, 1.807) is 24.3 Å². The van der Waals surface area contributed by atoms with E-state index in [1.807, 2.05) is 6.92 Å². The van der Waals surface area contributed by atoms with Crippen LogP contribution in [0.15, 0.2) is 36.4 Å². The molecule has 1 atom stereocenters. The second-order valence-electron chi connectivity index (χ2n) is 6.44. The maximum atomic E-state index is 13.4. The van der Waals surface area contributed by atoms with E-state index < -0.39 is 36.1 Å². The number of hydrogen-bond donors (Lipinski definition) is 2. The summed E-state index contributed by atoms with van der Waals surface area (Å²) in [5, 5.41) is 12.6. The van der Waals surface area contributed by atoms with Crippen molar-refractivity contribution in [3.8, 4) is 11.3 Å². The standard InChI is InChI=1S/C19H20F6N2O/c1-12-3-5-13(6-4-12)15-8-7-14(17(27-15)19(23,24)25)16(28)11-26-10-2-9-18(20,21)22/h3-8,16,26,28H,2,9-11H2,1H3/t16-/m0/s1. The molecule has 0 bridgehead atoms. The predicted octanol–water partition coefficient (Wildman–Crippen LogP) is 5.04. The number of rotatable bonds is 7. The molecule has 1 aromatic heterocycles. The number of aryl methyl sites for hydroxylation is 1. The van der Waals surface area contributed by atoms with Crippen LogP contribution in [-0.2, 0) is 6.18 Å². The van der Waals surface area contributed by atoms with Gasteiger partial charge in [-0.15, -0.1) is 0 Å². The van der Waals surface area contributed by atoms with Crippen LogP contribution in [0.1, 0.15) is 35.8 Å². The van der Waals surface area contributed by atoms with Crippen LogP contribution < -0.4 is 5.32 Å². The Morgan fingerprint density at radius 2 is 1.64 bits per heavy atom. The second-order valence-corrected chi connectivity index (χ2v) is 6.44. The van der Waals surface area contributed by atoms with Crippen LogP contribution in [0.4, 0.5) is 26.3 Å². The number of halogens is 6. The first-order valence-electron chi connectivity index (χ1n) is 8.58. The van der Waals surface area contributed by atoms with Gasteiger partial charge in [0.25, 0.3) is 0 Å². The van der Waals surface area contributed by atoms with Gasteiger partial charge in [0, 0.05) is 24.1 Å². The molecule has 0 aliphatic heterocycles. The molecule has 0 amide bonds. The van der Waals surface area contributed by atoms with Crippen molar-refractivity contribution in [3.63, 3.8) is 0 Å². The van der Waals surface area contributed by atoms with Crippen molar-refractivity contribution >= 4 is 0 Å². The minimum atomic E-state index is -4.78. The number of alkyl halides is 6. The van der Waals surface area contributed by atoms with Crippen molar-refractivity contribution in [1.82, 2.24) is 10.3 Å². The van der Waals surface area contributed by atoms with E-state index in [4.69, 9.17) is 0 Å². The fourth-order valence-corrected chi connectivity index (χ4v) is 2.61. The SMILES string of the molecule is Cc1ccc(-c2ccc([C@@H](O)CNCCCC(F)(F)F)c(C(F)(F)F)n2)cc1. The average molecular weight is 406 g/mol. The molecule has 0 fully saturated rings. The minimum Gasteiger partial charge on any atom is -0.387 e. The van der Waals surface area contributed by atoms with E-state index in [1.165, 1.54) is 6.07 Å². The first-order chi connectivity index (χ1) is 13.0. The first kappa shape index (κ1) is 22.2. The van der Waals surface area contributed by atoms with Crippen LogP contribution in [0.25, 0.3) is 11.3 Å². The number of aliphatic hydroxyl groups is 1. The Morgan fingerprint density at radius 3 is 2.21 bits per heavy atom. The molecule has 2 N–H and O–H groups in total. The molecule has 0 unspecified atom stereocenters. The van der Waals surface area contributed by atoms with Gasteiger partial charge in [0.15, 0.2) is 5.69 Å². The van der Waals surface area contributed by atoms with E-state index in [0.29, 0.717) is 5.56 Å². The third kappa shape index (κ3) is 6.49. The van der Waals surface area contributed by atoms with Gasteiger partial charge in [-0.2, -0.15) is 26.3 Å². The van der Waals surface area contributed by atoms with Gasteiger partial charge in [-0.1, -0.05) is 35.9 Å². The highest BCUT2D eigenvalue weighted by Crippen LogP contribution is 2.35. The summed E-state index contributed by atoms with van der Waals surface area (Å²) in [5.41, 5.74) is -0.0749. The van der Waals surface area contributed by atoms with Gasteiger partial charge in [0.1, 0.15) is 0 Å². The molecule has 0 saturated carbocycles. The topological polar surface area (TPSA) is 45.1 Å². The first-order valence-corrected chi connectivity index (χ1v) is 8.58. The normalized spacial score (nSPS) is 13.6. The maximum absolute atomic E-state index is 13.4. The molecule has 1 heterocycles. The van der Waals surface area contributed by atoms with Crippen molar-refractivity contribution in [2.45, 2.75) is 38.2 Å². The molecule has 9 heteroatoms. The quantitative estimate of drug-likeness (QED) is 0.500. The third-order valence-corrected chi connectivity index (χ3v) is 4.05. The molecule has 3 nitrogen and oxygen atoms in total. The molecule has 2 rings (SSSR count). The Labute approximate surface area is 158 Å². The summed E-state index contributed by atoms with van der Waals surface area (Å²) in [7, 11) is 0. The Kier molecular flexibility index (Phi) is 7.06. The smallest absolute Gasteiger partial charge is 0.387 e. The predicted molar refractivity (Wildman–Crippen MR) is 92.5 cm³/mol. The summed E-state index contributed by atoms with van der Waals surface area (Å²) in [5.74, 6) is 0. The van der Waals surface area contributed by atoms with Crippen molar-refractivity contribution in [2.24, 2.45) is 0 Å². The lowest BCUT2D eigenvalue weighted by atomic mass is 10.0. The molecule has 0 saturated heterocycles. The maximum Gasteiger partial charge on any atom is 0.433 e. The summed E-state index contributed by atoms with van der Waals surface area (Å²) in [4.78, 5) is 3.68. The molecule has 2 aromatic rings. The van der Waals surface area contributed by atoms with Gasteiger partial charge in [-0.3, -0.25) is 0 Å². The number of nitrogens with one attached hydrogen (secondary N) is 1. The van der Waals surface area contributed by atoms with Crippen molar-refractivity contribution in [3.05, 3.63) is 53.2 Å². The second kappa shape index (κ2) is 8.91. The fraction of sp³-hybridized carbons (Fsp3) is 0.421. The zero-order valence-corrected chi connectivity index (χ0v) is 15.0. The van der Waals surface area contributed by atoms with Gasteiger partial charge < -0.3 is 10.4 Å². The molecular formula is C19H20F6N2O. The molecule has 154 valence electrons. The van der Waals surface area contributed by atoms with Gasteiger partial charge in [-0.05, 0) is 26.0 Å². The lowest BCUT2D eigenvalue weighted by molar-refractivity contribution is -0.142. The number of hydrogen-bond acceptors (Lipinski definition) is 3. The molecule has 0 radical (unpaired) electrons. The number of benzene rings is 1. The van der Waals surface area contributed by atoms with E-state index in [2.05, 4.69) is 10.3 Å². The Balaban J connectivity index is 2.13. The van der Waals surface area contributed by atoms with Crippen LogP contribution in [0.2, 0.25) is 0 Å². The van der Waals surface area contributed by atoms with E-state index in [-0.39, 0.29) is 25.2 Å². The summed E-state index contributed by atoms with van der Waals surface area (Å²) in [6.07, 6.45) is -11.9. The van der Waals surface area contributed by atoms with Crippen LogP contribution in [0.5, 0.6) is 0 Å². The summed E-state index contributed by atoms with van der Waals surface area (Å²) in [6.45, 7) is 1.46. The van der Waals surface area contributed by atoms with Crippen LogP contribution in [0, 0.1) is 6.92 Å². The number of nitrogens with zero attached hydrogens (tertiary/aromatic N) is 1. The zero-order valence-electron chi connectivity index (χ0n) is 15.0. The summed E-state index contributed by atoms with van der Waals surface area (Å²) < 4.78 is 76.5. The molecular weight excluding hydrogens is 386 g/mol. The third-order valence-electron chi connectivity index (χ3n) is 4.05. The fourth-order valence-electron chi connectivity index (χ4n) is 2.61.